The van der Waals surface area contributed by atoms with Crippen molar-refractivity contribution in [1.82, 2.24) is 9.66 Å². The van der Waals surface area contributed by atoms with Crippen LogP contribution in [0, 0.1) is 10.1 Å². The maximum absolute atomic E-state index is 12.7. The first-order chi connectivity index (χ1) is 16.8. The van der Waals surface area contributed by atoms with E-state index in [1.807, 2.05) is 0 Å². The lowest BCUT2D eigenvalue weighted by Gasteiger charge is -2.11. The van der Waals surface area contributed by atoms with Crippen molar-refractivity contribution in [3.8, 4) is 5.75 Å². The summed E-state index contributed by atoms with van der Waals surface area (Å²) in [6.45, 7) is -0.533. The predicted octanol–water partition coefficient (Wildman–Crippen LogP) is 3.26. The van der Waals surface area contributed by atoms with Gasteiger partial charge >= 0.3 is 11.4 Å². The van der Waals surface area contributed by atoms with Gasteiger partial charge in [0, 0.05) is 21.8 Å². The van der Waals surface area contributed by atoms with Gasteiger partial charge in [0.15, 0.2) is 6.61 Å². The third-order valence-corrected chi connectivity index (χ3v) is 5.22. The van der Waals surface area contributed by atoms with Gasteiger partial charge in [0.25, 0.3) is 11.5 Å². The van der Waals surface area contributed by atoms with E-state index in [0.717, 1.165) is 6.21 Å². The molecule has 12 heteroatoms. The molecule has 2 N–H and O–H groups in total. The number of amides is 1. The fraction of sp³-hybridized carbons (Fsp3) is 0.0435. The van der Waals surface area contributed by atoms with E-state index in [4.69, 9.17) is 4.74 Å². The van der Waals surface area contributed by atoms with Crippen molar-refractivity contribution in [2.75, 3.05) is 11.9 Å². The molecule has 1 aromatic heterocycles. The number of anilines is 1. The zero-order chi connectivity index (χ0) is 24.9. The molecule has 0 fully saturated rings. The highest BCUT2D eigenvalue weighted by Crippen LogP contribution is 2.34. The summed E-state index contributed by atoms with van der Waals surface area (Å²) in [7, 11) is 0. The van der Waals surface area contributed by atoms with Gasteiger partial charge in [0.1, 0.15) is 0 Å². The number of H-pyrrole nitrogens is 1. The first kappa shape index (κ1) is 23.6. The van der Waals surface area contributed by atoms with Crippen molar-refractivity contribution in [2.24, 2.45) is 5.10 Å². The van der Waals surface area contributed by atoms with E-state index in [1.54, 1.807) is 48.5 Å². The second kappa shape index (κ2) is 10.1. The minimum atomic E-state index is -0.792. The molecule has 0 unspecified atom stereocenters. The lowest BCUT2D eigenvalue weighted by atomic mass is 10.2. The number of carbonyl (C=O) groups excluding carboxylic acids is 1. The van der Waals surface area contributed by atoms with E-state index in [2.05, 4.69) is 31.3 Å². The molecule has 0 aliphatic heterocycles. The molecule has 0 saturated heterocycles. The molecular weight excluding hydrogens is 522 g/mol. The molecule has 0 spiro atoms. The molecule has 1 heterocycles. The molecule has 3 aromatic carbocycles. The molecule has 0 aliphatic carbocycles. The summed E-state index contributed by atoms with van der Waals surface area (Å²) >= 11 is 3.19. The molecule has 0 bridgehead atoms. The van der Waals surface area contributed by atoms with E-state index >= 15 is 0 Å². The Morgan fingerprint density at radius 2 is 1.86 bits per heavy atom. The van der Waals surface area contributed by atoms with Crippen LogP contribution >= 0.6 is 15.9 Å². The third kappa shape index (κ3) is 5.33. The van der Waals surface area contributed by atoms with Gasteiger partial charge in [-0.3, -0.25) is 19.7 Å². The lowest BCUT2D eigenvalue weighted by Crippen LogP contribution is -2.32. The van der Waals surface area contributed by atoms with Crippen LogP contribution in [-0.2, 0) is 4.79 Å². The second-order valence-electron chi connectivity index (χ2n) is 7.14. The summed E-state index contributed by atoms with van der Waals surface area (Å²) in [6, 6.07) is 17.7. The van der Waals surface area contributed by atoms with E-state index in [9.17, 15) is 24.5 Å². The molecule has 11 nitrogen and oxygen atoms in total. The predicted molar refractivity (Wildman–Crippen MR) is 133 cm³/mol. The highest BCUT2D eigenvalue weighted by Gasteiger charge is 2.21. The number of nitro benzene ring substituents is 1. The number of hydrogen-bond acceptors (Lipinski definition) is 7. The van der Waals surface area contributed by atoms with Gasteiger partial charge in [-0.25, -0.2) is 4.79 Å². The monoisotopic (exact) mass is 537 g/mol. The van der Waals surface area contributed by atoms with E-state index in [1.165, 1.54) is 18.2 Å². The van der Waals surface area contributed by atoms with Gasteiger partial charge in [-0.1, -0.05) is 46.3 Å². The normalized spacial score (nSPS) is 11.0. The number of para-hydroxylation sites is 2. The van der Waals surface area contributed by atoms with Gasteiger partial charge in [-0.15, -0.1) is 4.68 Å². The Bertz CT molecular complexity index is 1580. The average Bonchev–Trinajstić information content (AvgIpc) is 2.83. The smallest absolute Gasteiger partial charge is 0.349 e. The fourth-order valence-corrected chi connectivity index (χ4v) is 3.69. The lowest BCUT2D eigenvalue weighted by molar-refractivity contribution is -0.385. The van der Waals surface area contributed by atoms with Crippen LogP contribution in [0.15, 0.2) is 85.9 Å². The highest BCUT2D eigenvalue weighted by atomic mass is 79.9. The number of ether oxygens (including phenoxy) is 1. The molecule has 0 atom stereocenters. The first-order valence-electron chi connectivity index (χ1n) is 10.1. The van der Waals surface area contributed by atoms with Crippen molar-refractivity contribution < 1.29 is 14.5 Å². The number of rotatable bonds is 7. The first-order valence-corrected chi connectivity index (χ1v) is 10.9. The minimum absolute atomic E-state index is 0.0676. The van der Waals surface area contributed by atoms with Gasteiger partial charge in [0.2, 0.25) is 5.75 Å². The summed E-state index contributed by atoms with van der Waals surface area (Å²) in [5.74, 6) is -0.797. The number of benzene rings is 3. The Morgan fingerprint density at radius 3 is 2.60 bits per heavy atom. The number of halogens is 1. The SMILES string of the molecule is O=C(COc1c(C=Nn2c(=O)[nH]c3ccccc3c2=O)cc(Br)cc1[N+](=O)[O-])Nc1ccccc1. The summed E-state index contributed by atoms with van der Waals surface area (Å²) in [6.07, 6.45) is 1.08. The number of fused-ring (bicyclic) bond motifs is 1. The molecule has 1 amide bonds. The third-order valence-electron chi connectivity index (χ3n) is 4.76. The van der Waals surface area contributed by atoms with E-state index in [0.29, 0.717) is 20.4 Å². The number of nitrogens with one attached hydrogen (secondary N) is 2. The number of nitro groups is 1. The van der Waals surface area contributed by atoms with Crippen molar-refractivity contribution >= 4 is 50.3 Å². The van der Waals surface area contributed by atoms with Crippen LogP contribution in [-0.4, -0.2) is 33.3 Å². The number of hydrogen-bond donors (Lipinski definition) is 2. The molecule has 0 aliphatic rings. The minimum Gasteiger partial charge on any atom is -0.476 e. The average molecular weight is 538 g/mol. The molecule has 35 heavy (non-hydrogen) atoms. The van der Waals surface area contributed by atoms with E-state index in [-0.39, 0.29) is 16.7 Å². The molecule has 4 aromatic rings. The van der Waals surface area contributed by atoms with Gasteiger partial charge < -0.3 is 15.0 Å². The van der Waals surface area contributed by atoms with Crippen LogP contribution in [0.4, 0.5) is 11.4 Å². The van der Waals surface area contributed by atoms with Crippen molar-refractivity contribution in [3.05, 3.63) is 108 Å². The van der Waals surface area contributed by atoms with Crippen LogP contribution in [0.25, 0.3) is 10.9 Å². The highest BCUT2D eigenvalue weighted by molar-refractivity contribution is 9.10. The van der Waals surface area contributed by atoms with Gasteiger partial charge in [0.05, 0.1) is 22.0 Å². The van der Waals surface area contributed by atoms with Crippen LogP contribution in [0.1, 0.15) is 5.56 Å². The number of aromatic amines is 1. The quantitative estimate of drug-likeness (QED) is 0.210. The van der Waals surface area contributed by atoms with Crippen molar-refractivity contribution in [3.63, 3.8) is 0 Å². The summed E-state index contributed by atoms with van der Waals surface area (Å²) in [5, 5.41) is 18.4. The van der Waals surface area contributed by atoms with Crippen LogP contribution in [0.2, 0.25) is 0 Å². The zero-order valence-electron chi connectivity index (χ0n) is 17.8. The Balaban J connectivity index is 1.69. The molecule has 4 rings (SSSR count). The molecular formula is C23H16BrN5O6. The number of carbonyl (C=O) groups is 1. The summed E-state index contributed by atoms with van der Waals surface area (Å²) in [5.41, 5.74) is -0.955. The Labute approximate surface area is 205 Å². The van der Waals surface area contributed by atoms with Crippen LogP contribution in [0.3, 0.4) is 0 Å². The number of aromatic nitrogens is 2. The van der Waals surface area contributed by atoms with Crippen molar-refractivity contribution in [1.29, 1.82) is 0 Å². The molecule has 176 valence electrons. The number of nitrogens with zero attached hydrogens (tertiary/aromatic N) is 3. The largest absolute Gasteiger partial charge is 0.476 e. The van der Waals surface area contributed by atoms with Crippen molar-refractivity contribution in [2.45, 2.75) is 0 Å². The van der Waals surface area contributed by atoms with Crippen LogP contribution < -0.4 is 21.3 Å². The standard InChI is InChI=1S/C23H16BrN5O6/c24-15-10-14(12-25-28-22(31)17-8-4-5-9-18(17)27-23(28)32)21(19(11-15)29(33)34)35-13-20(30)26-16-6-2-1-3-7-16/h1-12H,13H2,(H,26,30)(H,27,32). The van der Waals surface area contributed by atoms with Crippen LogP contribution in [0.5, 0.6) is 5.75 Å². The second-order valence-corrected chi connectivity index (χ2v) is 8.06. The van der Waals surface area contributed by atoms with Gasteiger partial charge in [-0.05, 0) is 30.3 Å². The molecule has 0 saturated carbocycles. The summed E-state index contributed by atoms with van der Waals surface area (Å²) in [4.78, 5) is 50.9. The Kier molecular flexibility index (Phi) is 6.83. The molecule has 0 radical (unpaired) electrons. The maximum atomic E-state index is 12.7. The fourth-order valence-electron chi connectivity index (χ4n) is 3.22. The zero-order valence-corrected chi connectivity index (χ0v) is 19.4. The summed E-state index contributed by atoms with van der Waals surface area (Å²) < 4.78 is 6.42. The van der Waals surface area contributed by atoms with E-state index < -0.39 is 34.4 Å². The Morgan fingerprint density at radius 1 is 1.14 bits per heavy atom. The maximum Gasteiger partial charge on any atom is 0.349 e. The topological polar surface area (TPSA) is 149 Å². The Hall–Kier alpha value is -4.58. The van der Waals surface area contributed by atoms with Gasteiger partial charge in [-0.2, -0.15) is 5.10 Å².